The maximum Gasteiger partial charge on any atom is 0.416 e. The molecule has 2 aliphatic rings. The maximum absolute atomic E-state index is 15.5. The first-order valence-electron chi connectivity index (χ1n) is 11.6. The number of carbonyl (C=O) groups excluding carboxylic acids is 1. The summed E-state index contributed by atoms with van der Waals surface area (Å²) in [4.78, 5) is 23.8. The van der Waals surface area contributed by atoms with E-state index >= 15 is 4.39 Å². The molecule has 0 spiro atoms. The van der Waals surface area contributed by atoms with Crippen molar-refractivity contribution in [3.8, 4) is 0 Å². The van der Waals surface area contributed by atoms with E-state index in [0.29, 0.717) is 36.9 Å². The lowest BCUT2D eigenvalue weighted by atomic mass is 9.97. The molecule has 2 aromatic rings. The van der Waals surface area contributed by atoms with Crippen LogP contribution < -0.4 is 10.2 Å². The molecule has 1 amide bonds. The largest absolute Gasteiger partial charge is 0.416 e. The Kier molecular flexibility index (Phi) is 6.95. The monoisotopic (exact) mass is 479 g/mol. The minimum Gasteiger partial charge on any atom is -0.367 e. The van der Waals surface area contributed by atoms with Gasteiger partial charge in [-0.1, -0.05) is 12.1 Å². The van der Waals surface area contributed by atoms with Crippen molar-refractivity contribution >= 4 is 17.5 Å². The Morgan fingerprint density at radius 3 is 2.32 bits per heavy atom. The molecule has 0 atom stereocenters. The van der Waals surface area contributed by atoms with Crippen molar-refractivity contribution in [1.82, 2.24) is 14.9 Å². The molecule has 0 radical (unpaired) electrons. The molecule has 1 aromatic carbocycles. The zero-order chi connectivity index (χ0) is 24.5. The topological polar surface area (TPSA) is 61.4 Å². The number of likely N-dealkylation sites (tertiary alicyclic amines) is 1. The van der Waals surface area contributed by atoms with Gasteiger partial charge in [-0.2, -0.15) is 17.6 Å². The molecule has 1 aromatic heterocycles. The van der Waals surface area contributed by atoms with Gasteiger partial charge in [-0.15, -0.1) is 0 Å². The molecule has 6 nitrogen and oxygen atoms in total. The van der Waals surface area contributed by atoms with Gasteiger partial charge in [0, 0.05) is 39.1 Å². The molecule has 184 valence electrons. The third-order valence-corrected chi connectivity index (χ3v) is 6.46. The van der Waals surface area contributed by atoms with Crippen LogP contribution in [0.25, 0.3) is 0 Å². The van der Waals surface area contributed by atoms with Crippen LogP contribution in [0.5, 0.6) is 0 Å². The molecule has 4 rings (SSSR count). The number of anilines is 2. The SMILES string of the molecule is CC(=O)N1CCC(CNc2nc(C)nc(N(Cc3ccc(C(F)(F)F)cc3)C3CC3)c2F)CC1. The highest BCUT2D eigenvalue weighted by Crippen LogP contribution is 2.36. The second kappa shape index (κ2) is 9.76. The van der Waals surface area contributed by atoms with E-state index in [9.17, 15) is 18.0 Å². The Bertz CT molecular complexity index is 1020. The van der Waals surface area contributed by atoms with Gasteiger partial charge in [-0.05, 0) is 56.2 Å². The highest BCUT2D eigenvalue weighted by atomic mass is 19.4. The number of halogens is 4. The fourth-order valence-corrected chi connectivity index (χ4v) is 4.30. The third kappa shape index (κ3) is 5.77. The van der Waals surface area contributed by atoms with Crippen LogP contribution in [0.1, 0.15) is 49.6 Å². The predicted octanol–water partition coefficient (Wildman–Crippen LogP) is 4.78. The number of piperidine rings is 1. The van der Waals surface area contributed by atoms with Crippen molar-refractivity contribution in [3.63, 3.8) is 0 Å². The normalized spacial score (nSPS) is 17.1. The van der Waals surface area contributed by atoms with E-state index in [1.165, 1.54) is 12.1 Å². The molecule has 34 heavy (non-hydrogen) atoms. The van der Waals surface area contributed by atoms with Crippen LogP contribution in [-0.4, -0.2) is 46.5 Å². The minimum atomic E-state index is -4.39. The van der Waals surface area contributed by atoms with Crippen molar-refractivity contribution in [2.24, 2.45) is 5.92 Å². The second-order valence-electron chi connectivity index (χ2n) is 9.14. The molecule has 2 heterocycles. The second-order valence-corrected chi connectivity index (χ2v) is 9.14. The zero-order valence-corrected chi connectivity index (χ0v) is 19.3. The number of rotatable bonds is 7. The summed E-state index contributed by atoms with van der Waals surface area (Å²) in [6, 6.07) is 5.04. The summed E-state index contributed by atoms with van der Waals surface area (Å²) >= 11 is 0. The molecule has 0 bridgehead atoms. The van der Waals surface area contributed by atoms with Crippen molar-refractivity contribution in [2.45, 2.75) is 58.3 Å². The van der Waals surface area contributed by atoms with Crippen molar-refractivity contribution in [3.05, 3.63) is 47.0 Å². The minimum absolute atomic E-state index is 0.0711. The number of aryl methyl sites for hydroxylation is 1. The fraction of sp³-hybridized carbons (Fsp3) is 0.542. The van der Waals surface area contributed by atoms with Gasteiger partial charge < -0.3 is 15.1 Å². The van der Waals surface area contributed by atoms with Gasteiger partial charge in [-0.3, -0.25) is 4.79 Å². The average molecular weight is 480 g/mol. The summed E-state index contributed by atoms with van der Waals surface area (Å²) in [6.07, 6.45) is -0.963. The Morgan fingerprint density at radius 1 is 1.12 bits per heavy atom. The van der Waals surface area contributed by atoms with Gasteiger partial charge >= 0.3 is 6.18 Å². The highest BCUT2D eigenvalue weighted by molar-refractivity contribution is 5.73. The number of hydrogen-bond acceptors (Lipinski definition) is 5. The highest BCUT2D eigenvalue weighted by Gasteiger charge is 2.34. The molecular weight excluding hydrogens is 450 g/mol. The molecule has 1 aliphatic carbocycles. The first-order valence-corrected chi connectivity index (χ1v) is 11.6. The molecule has 2 fully saturated rings. The van der Waals surface area contributed by atoms with Crippen molar-refractivity contribution in [2.75, 3.05) is 29.9 Å². The van der Waals surface area contributed by atoms with Gasteiger partial charge in [0.05, 0.1) is 5.56 Å². The van der Waals surface area contributed by atoms with Crippen LogP contribution in [0.2, 0.25) is 0 Å². The fourth-order valence-electron chi connectivity index (χ4n) is 4.30. The quantitative estimate of drug-likeness (QED) is 0.579. The average Bonchev–Trinajstić information content (AvgIpc) is 3.63. The Balaban J connectivity index is 1.47. The first kappa shape index (κ1) is 24.2. The van der Waals surface area contributed by atoms with E-state index in [2.05, 4.69) is 15.3 Å². The van der Waals surface area contributed by atoms with Crippen LogP contribution in [0.15, 0.2) is 24.3 Å². The summed E-state index contributed by atoms with van der Waals surface area (Å²) in [7, 11) is 0. The van der Waals surface area contributed by atoms with E-state index in [0.717, 1.165) is 37.8 Å². The van der Waals surface area contributed by atoms with Crippen LogP contribution in [-0.2, 0) is 17.5 Å². The van der Waals surface area contributed by atoms with E-state index < -0.39 is 17.6 Å². The predicted molar refractivity (Wildman–Crippen MR) is 121 cm³/mol. The van der Waals surface area contributed by atoms with Crippen LogP contribution in [0.3, 0.4) is 0 Å². The van der Waals surface area contributed by atoms with E-state index in [-0.39, 0.29) is 30.1 Å². The zero-order valence-electron chi connectivity index (χ0n) is 19.3. The molecule has 1 N–H and O–H groups in total. The van der Waals surface area contributed by atoms with E-state index in [1.54, 1.807) is 13.8 Å². The number of hydrogen-bond donors (Lipinski definition) is 1. The lowest BCUT2D eigenvalue weighted by Gasteiger charge is -2.31. The van der Waals surface area contributed by atoms with Gasteiger partial charge in [0.15, 0.2) is 11.6 Å². The number of nitrogens with one attached hydrogen (secondary N) is 1. The molecule has 1 saturated heterocycles. The number of nitrogens with zero attached hydrogens (tertiary/aromatic N) is 4. The molecule has 0 unspecified atom stereocenters. The molecule has 10 heteroatoms. The Labute approximate surface area is 196 Å². The third-order valence-electron chi connectivity index (χ3n) is 6.46. The van der Waals surface area contributed by atoms with Gasteiger partial charge in [0.2, 0.25) is 11.7 Å². The van der Waals surface area contributed by atoms with E-state index in [1.807, 2.05) is 9.80 Å². The van der Waals surface area contributed by atoms with Crippen molar-refractivity contribution in [1.29, 1.82) is 0 Å². The molecular formula is C24H29F4N5O. The number of amides is 1. The number of aromatic nitrogens is 2. The number of alkyl halides is 3. The Morgan fingerprint density at radius 2 is 1.76 bits per heavy atom. The molecule has 1 aliphatic heterocycles. The summed E-state index contributed by atoms with van der Waals surface area (Å²) in [5, 5.41) is 3.13. The summed E-state index contributed by atoms with van der Waals surface area (Å²) in [6.45, 7) is 5.46. The lowest BCUT2D eigenvalue weighted by Crippen LogP contribution is -2.38. The summed E-state index contributed by atoms with van der Waals surface area (Å²) < 4.78 is 54.2. The van der Waals surface area contributed by atoms with E-state index in [4.69, 9.17) is 0 Å². The maximum atomic E-state index is 15.5. The summed E-state index contributed by atoms with van der Waals surface area (Å²) in [5.74, 6) is 0.550. The summed E-state index contributed by atoms with van der Waals surface area (Å²) in [5.41, 5.74) is -0.0544. The van der Waals surface area contributed by atoms with Crippen LogP contribution >= 0.6 is 0 Å². The van der Waals surface area contributed by atoms with Gasteiger partial charge in [0.25, 0.3) is 0 Å². The first-order chi connectivity index (χ1) is 16.1. The van der Waals surface area contributed by atoms with Crippen LogP contribution in [0.4, 0.5) is 29.2 Å². The van der Waals surface area contributed by atoms with Crippen LogP contribution in [0, 0.1) is 18.7 Å². The Hall–Kier alpha value is -2.91. The van der Waals surface area contributed by atoms with Gasteiger partial charge in [0.1, 0.15) is 5.82 Å². The molecule has 1 saturated carbocycles. The smallest absolute Gasteiger partial charge is 0.367 e. The van der Waals surface area contributed by atoms with Crippen molar-refractivity contribution < 1.29 is 22.4 Å². The lowest BCUT2D eigenvalue weighted by molar-refractivity contribution is -0.137. The number of benzene rings is 1. The standard InChI is InChI=1S/C24H29F4N5O/c1-15-30-22(29-13-17-9-11-32(12-10-17)16(2)34)21(25)23(31-15)33(20-7-8-20)14-18-3-5-19(6-4-18)24(26,27)28/h3-6,17,20H,7-14H2,1-2H3,(H,29,30,31). The number of carbonyl (C=O) groups is 1. The van der Waals surface area contributed by atoms with Gasteiger partial charge in [-0.25, -0.2) is 9.97 Å².